The van der Waals surface area contributed by atoms with E-state index in [2.05, 4.69) is 37.9 Å². The number of hydrogen-bond donors (Lipinski definition) is 1. The lowest BCUT2D eigenvalue weighted by Crippen LogP contribution is -2.22. The third kappa shape index (κ3) is 9.12. The zero-order valence-electron chi connectivity index (χ0n) is 16.4. The van der Waals surface area contributed by atoms with Gasteiger partial charge in [0.05, 0.1) is 7.11 Å². The summed E-state index contributed by atoms with van der Waals surface area (Å²) in [4.78, 5) is 23.0. The number of carbonyl (C=O) groups is 2. The van der Waals surface area contributed by atoms with Crippen LogP contribution < -0.4 is 14.8 Å². The fourth-order valence-electron chi connectivity index (χ4n) is 2.18. The molecule has 0 bridgehead atoms. The number of rotatable bonds is 8. The van der Waals surface area contributed by atoms with Gasteiger partial charge >= 0.3 is 5.97 Å². The minimum absolute atomic E-state index is 0.0109. The molecule has 1 amide bonds. The van der Waals surface area contributed by atoms with Gasteiger partial charge in [0, 0.05) is 31.7 Å². The Hall–Kier alpha value is -2.48. The largest absolute Gasteiger partial charge is 0.493 e. The molecule has 0 aliphatic carbocycles. The van der Waals surface area contributed by atoms with E-state index in [1.807, 2.05) is 0 Å². The van der Waals surface area contributed by atoms with E-state index < -0.39 is 5.97 Å². The molecule has 0 aromatic heterocycles. The first kappa shape index (κ1) is 21.6. The van der Waals surface area contributed by atoms with E-state index in [1.54, 1.807) is 18.2 Å². The van der Waals surface area contributed by atoms with Gasteiger partial charge in [-0.05, 0) is 51.3 Å². The Bertz CT molecular complexity index is 677. The van der Waals surface area contributed by atoms with Crippen molar-refractivity contribution >= 4 is 11.9 Å². The first-order valence-electron chi connectivity index (χ1n) is 8.83. The quantitative estimate of drug-likeness (QED) is 0.331. The minimum atomic E-state index is -0.406. The molecule has 0 saturated carbocycles. The number of benzene rings is 1. The molecule has 5 nitrogen and oxygen atoms in total. The van der Waals surface area contributed by atoms with E-state index in [0.29, 0.717) is 24.5 Å². The lowest BCUT2D eigenvalue weighted by Gasteiger charge is -2.11. The summed E-state index contributed by atoms with van der Waals surface area (Å²) in [6.07, 6.45) is 3.04. The zero-order valence-corrected chi connectivity index (χ0v) is 16.4. The monoisotopic (exact) mass is 359 g/mol. The van der Waals surface area contributed by atoms with E-state index in [9.17, 15) is 9.59 Å². The van der Waals surface area contributed by atoms with Crippen LogP contribution in [0.25, 0.3) is 0 Å². The lowest BCUT2D eigenvalue weighted by atomic mass is 9.97. The molecule has 0 heterocycles. The molecular weight excluding hydrogens is 330 g/mol. The van der Waals surface area contributed by atoms with E-state index >= 15 is 0 Å². The van der Waals surface area contributed by atoms with Crippen LogP contribution in [0.4, 0.5) is 0 Å². The van der Waals surface area contributed by atoms with Crippen LogP contribution in [0.15, 0.2) is 18.2 Å². The van der Waals surface area contributed by atoms with Crippen molar-refractivity contribution in [1.29, 1.82) is 0 Å². The Morgan fingerprint density at radius 1 is 1.15 bits per heavy atom. The minimum Gasteiger partial charge on any atom is -0.493 e. The van der Waals surface area contributed by atoms with E-state index in [4.69, 9.17) is 9.47 Å². The van der Waals surface area contributed by atoms with Crippen LogP contribution in [0.1, 0.15) is 58.9 Å². The highest BCUT2D eigenvalue weighted by molar-refractivity contribution is 5.75. The molecule has 0 radical (unpaired) electrons. The van der Waals surface area contributed by atoms with Crippen LogP contribution in [-0.4, -0.2) is 19.0 Å². The smallest absolute Gasteiger partial charge is 0.308 e. The third-order valence-corrected chi connectivity index (χ3v) is 3.39. The molecule has 0 unspecified atom stereocenters. The summed E-state index contributed by atoms with van der Waals surface area (Å²) in [5.74, 6) is 6.78. The first-order valence-corrected chi connectivity index (χ1v) is 8.83. The van der Waals surface area contributed by atoms with Crippen molar-refractivity contribution in [3.05, 3.63) is 23.8 Å². The maximum atomic E-state index is 11.9. The highest BCUT2D eigenvalue weighted by Gasteiger charge is 2.09. The molecule has 0 fully saturated rings. The Labute approximate surface area is 156 Å². The zero-order chi connectivity index (χ0) is 19.6. The lowest BCUT2D eigenvalue weighted by molar-refractivity contribution is -0.132. The fraction of sp³-hybridized carbons (Fsp3) is 0.524. The molecule has 0 saturated heterocycles. The van der Waals surface area contributed by atoms with E-state index in [1.165, 1.54) is 14.0 Å². The number of carbonyl (C=O) groups excluding carboxylic acids is 2. The second kappa shape index (κ2) is 10.5. The van der Waals surface area contributed by atoms with Gasteiger partial charge in [0.15, 0.2) is 11.5 Å². The Morgan fingerprint density at radius 2 is 1.88 bits per heavy atom. The number of unbranched alkanes of at least 4 members (excludes halogenated alkanes) is 2. The molecule has 0 spiro atoms. The van der Waals surface area contributed by atoms with Crippen molar-refractivity contribution < 1.29 is 19.1 Å². The van der Waals surface area contributed by atoms with Gasteiger partial charge in [0.25, 0.3) is 0 Å². The standard InChI is InChI=1S/C21H29NO4/c1-16(23)26-18-12-11-17(14-19(18)25-5)15-22-20(24)10-8-6-7-9-13-21(2,3)4/h11-12,14H,6-8,10,15H2,1-5H3,(H,22,24). The van der Waals surface area contributed by atoms with Crippen molar-refractivity contribution in [3.8, 4) is 23.3 Å². The third-order valence-electron chi connectivity index (χ3n) is 3.39. The van der Waals surface area contributed by atoms with Crippen LogP contribution >= 0.6 is 0 Å². The van der Waals surface area contributed by atoms with Crippen molar-refractivity contribution in [2.24, 2.45) is 5.41 Å². The SMILES string of the molecule is COc1cc(CNC(=O)CCCCC#CC(C)(C)C)ccc1OC(C)=O. The second-order valence-electron chi connectivity index (χ2n) is 7.11. The van der Waals surface area contributed by atoms with Gasteiger partial charge < -0.3 is 14.8 Å². The number of ether oxygens (including phenoxy) is 2. The number of nitrogens with one attached hydrogen (secondary N) is 1. The fourth-order valence-corrected chi connectivity index (χ4v) is 2.18. The van der Waals surface area contributed by atoms with Crippen molar-refractivity contribution in [3.63, 3.8) is 0 Å². The van der Waals surface area contributed by atoms with Gasteiger partial charge in [-0.3, -0.25) is 9.59 Å². The summed E-state index contributed by atoms with van der Waals surface area (Å²) in [7, 11) is 1.51. The molecule has 1 N–H and O–H groups in total. The summed E-state index contributed by atoms with van der Waals surface area (Å²) < 4.78 is 10.3. The Morgan fingerprint density at radius 3 is 2.50 bits per heavy atom. The predicted octanol–water partition coefficient (Wildman–Crippen LogP) is 3.85. The highest BCUT2D eigenvalue weighted by atomic mass is 16.6. The van der Waals surface area contributed by atoms with Crippen LogP contribution in [0.5, 0.6) is 11.5 Å². The first-order chi connectivity index (χ1) is 12.2. The van der Waals surface area contributed by atoms with Gasteiger partial charge in [-0.1, -0.05) is 12.0 Å². The summed E-state index contributed by atoms with van der Waals surface area (Å²) in [6.45, 7) is 7.99. The molecule has 0 aliphatic heterocycles. The topological polar surface area (TPSA) is 64.6 Å². The van der Waals surface area contributed by atoms with E-state index in [-0.39, 0.29) is 11.3 Å². The Balaban J connectivity index is 2.38. The maximum Gasteiger partial charge on any atom is 0.308 e. The van der Waals surface area contributed by atoms with Crippen LogP contribution in [0, 0.1) is 17.3 Å². The van der Waals surface area contributed by atoms with Gasteiger partial charge in [-0.2, -0.15) is 0 Å². The molecule has 0 aliphatic rings. The molecular formula is C21H29NO4. The molecule has 1 aromatic rings. The summed E-state index contributed by atoms with van der Waals surface area (Å²) in [6, 6.07) is 5.21. The molecule has 1 rings (SSSR count). The molecule has 142 valence electrons. The van der Waals surface area contributed by atoms with Crippen molar-refractivity contribution in [1.82, 2.24) is 5.32 Å². The average molecular weight is 359 g/mol. The normalized spacial score (nSPS) is 10.5. The van der Waals surface area contributed by atoms with Gasteiger partial charge in [-0.15, -0.1) is 5.92 Å². The number of hydrogen-bond acceptors (Lipinski definition) is 4. The van der Waals surface area contributed by atoms with Gasteiger partial charge in [0.1, 0.15) is 0 Å². The number of methoxy groups -OCH3 is 1. The molecule has 0 atom stereocenters. The predicted molar refractivity (Wildman–Crippen MR) is 102 cm³/mol. The Kier molecular flexibility index (Phi) is 8.71. The van der Waals surface area contributed by atoms with Crippen LogP contribution in [-0.2, 0) is 16.1 Å². The van der Waals surface area contributed by atoms with Gasteiger partial charge in [0.2, 0.25) is 5.91 Å². The maximum absolute atomic E-state index is 11.9. The molecule has 5 heteroatoms. The summed E-state index contributed by atoms with van der Waals surface area (Å²) in [5.41, 5.74) is 0.908. The van der Waals surface area contributed by atoms with E-state index in [0.717, 1.165) is 24.8 Å². The van der Waals surface area contributed by atoms with Crippen molar-refractivity contribution in [2.45, 2.75) is 59.9 Å². The van der Waals surface area contributed by atoms with Crippen molar-refractivity contribution in [2.75, 3.05) is 7.11 Å². The molecule has 1 aromatic carbocycles. The van der Waals surface area contributed by atoms with Crippen LogP contribution in [0.2, 0.25) is 0 Å². The average Bonchev–Trinajstić information content (AvgIpc) is 2.55. The summed E-state index contributed by atoms with van der Waals surface area (Å²) in [5, 5.41) is 2.89. The van der Waals surface area contributed by atoms with Gasteiger partial charge in [-0.25, -0.2) is 0 Å². The highest BCUT2D eigenvalue weighted by Crippen LogP contribution is 2.28. The molecule has 26 heavy (non-hydrogen) atoms. The summed E-state index contributed by atoms with van der Waals surface area (Å²) >= 11 is 0. The van der Waals surface area contributed by atoms with Crippen LogP contribution in [0.3, 0.4) is 0 Å². The second-order valence-corrected chi connectivity index (χ2v) is 7.11. The number of amides is 1. The number of esters is 1.